The van der Waals surface area contributed by atoms with E-state index in [1.807, 2.05) is 13.1 Å². The molecule has 0 aliphatic rings. The topological polar surface area (TPSA) is 62.2 Å². The van der Waals surface area contributed by atoms with Crippen molar-refractivity contribution in [1.82, 2.24) is 10.3 Å². The van der Waals surface area contributed by atoms with Crippen molar-refractivity contribution >= 4 is 28.6 Å². The van der Waals surface area contributed by atoms with Gasteiger partial charge in [0.2, 0.25) is 0 Å². The van der Waals surface area contributed by atoms with Crippen LogP contribution in [0.4, 0.5) is 0 Å². The highest BCUT2D eigenvalue weighted by Crippen LogP contribution is 2.22. The lowest BCUT2D eigenvalue weighted by Gasteiger charge is -2.09. The van der Waals surface area contributed by atoms with Crippen molar-refractivity contribution in [2.24, 2.45) is 0 Å². The van der Waals surface area contributed by atoms with E-state index >= 15 is 0 Å². The number of rotatable bonds is 4. The van der Waals surface area contributed by atoms with Crippen LogP contribution in [0.1, 0.15) is 44.3 Å². The van der Waals surface area contributed by atoms with Crippen molar-refractivity contribution in [2.75, 3.05) is 6.61 Å². The Bertz CT molecular complexity index is 679. The van der Waals surface area contributed by atoms with E-state index < -0.39 is 0 Å². The first kappa shape index (κ1) is 15.7. The molecule has 0 aromatic carbocycles. The van der Waals surface area contributed by atoms with Gasteiger partial charge in [-0.3, -0.25) is 4.79 Å². The normalized spacial score (nSPS) is 11.6. The molecule has 6 heteroatoms. The lowest BCUT2D eigenvalue weighted by Crippen LogP contribution is -2.25. The summed E-state index contributed by atoms with van der Waals surface area (Å²) < 4.78 is 0. The molecule has 0 fully saturated rings. The Morgan fingerprint density at radius 2 is 2.29 bits per heavy atom. The lowest BCUT2D eigenvalue weighted by molar-refractivity contribution is 0.0944. The Morgan fingerprint density at radius 3 is 2.95 bits per heavy atom. The highest BCUT2D eigenvalue weighted by molar-refractivity contribution is 7.14. The number of aliphatic hydroxyl groups is 1. The van der Waals surface area contributed by atoms with Crippen LogP contribution in [0.2, 0.25) is 0 Å². The molecule has 2 N–H and O–H groups in total. The third-order valence-electron chi connectivity index (χ3n) is 2.76. The van der Waals surface area contributed by atoms with E-state index in [4.69, 9.17) is 5.11 Å². The Balaban J connectivity index is 2.01. The third-order valence-corrected chi connectivity index (χ3v) is 5.08. The Kier molecular flexibility index (Phi) is 5.51. The standard InChI is InChI=1S/C15H16N2O2S2/c1-3-11-9-16-15(21-11)10(2)17-14(19)13-7-6-12(20-13)5-4-8-18/h6-7,9-10,18H,3,8H2,1-2H3,(H,17,19). The van der Waals surface area contributed by atoms with Gasteiger partial charge in [0, 0.05) is 11.1 Å². The smallest absolute Gasteiger partial charge is 0.261 e. The highest BCUT2D eigenvalue weighted by Gasteiger charge is 2.15. The minimum absolute atomic E-state index is 0.114. The molecule has 0 aliphatic carbocycles. The Hall–Kier alpha value is -1.68. The average molecular weight is 320 g/mol. The summed E-state index contributed by atoms with van der Waals surface area (Å²) in [6.07, 6.45) is 2.81. The number of thiophene rings is 1. The summed E-state index contributed by atoms with van der Waals surface area (Å²) in [5.41, 5.74) is 0. The minimum Gasteiger partial charge on any atom is -0.384 e. The van der Waals surface area contributed by atoms with E-state index in [2.05, 4.69) is 29.1 Å². The fourth-order valence-electron chi connectivity index (χ4n) is 1.67. The summed E-state index contributed by atoms with van der Waals surface area (Å²) in [6, 6.07) is 3.41. The zero-order valence-corrected chi connectivity index (χ0v) is 13.5. The molecule has 1 amide bonds. The second-order valence-electron chi connectivity index (χ2n) is 4.34. The predicted molar refractivity (Wildman–Crippen MR) is 85.7 cm³/mol. The van der Waals surface area contributed by atoms with Gasteiger partial charge in [-0.15, -0.1) is 22.7 Å². The molecule has 0 aliphatic heterocycles. The average Bonchev–Trinajstić information content (AvgIpc) is 3.14. The number of aromatic nitrogens is 1. The van der Waals surface area contributed by atoms with E-state index in [-0.39, 0.29) is 18.6 Å². The van der Waals surface area contributed by atoms with Crippen molar-refractivity contribution in [3.63, 3.8) is 0 Å². The molecule has 110 valence electrons. The van der Waals surface area contributed by atoms with Gasteiger partial charge in [-0.25, -0.2) is 4.98 Å². The van der Waals surface area contributed by atoms with E-state index in [9.17, 15) is 4.79 Å². The zero-order chi connectivity index (χ0) is 15.2. The molecule has 4 nitrogen and oxygen atoms in total. The monoisotopic (exact) mass is 320 g/mol. The Labute approximate surface area is 131 Å². The minimum atomic E-state index is -0.180. The maximum absolute atomic E-state index is 12.2. The molecule has 1 unspecified atom stereocenters. The lowest BCUT2D eigenvalue weighted by atomic mass is 10.3. The summed E-state index contributed by atoms with van der Waals surface area (Å²) in [4.78, 5) is 19.1. The van der Waals surface area contributed by atoms with Crippen molar-refractivity contribution in [2.45, 2.75) is 26.3 Å². The van der Waals surface area contributed by atoms with E-state index in [1.165, 1.54) is 16.2 Å². The molecule has 0 radical (unpaired) electrons. The molecule has 2 heterocycles. The van der Waals surface area contributed by atoms with Crippen LogP contribution in [-0.2, 0) is 6.42 Å². The van der Waals surface area contributed by atoms with Gasteiger partial charge < -0.3 is 10.4 Å². The Morgan fingerprint density at radius 1 is 1.48 bits per heavy atom. The first-order chi connectivity index (χ1) is 10.1. The maximum Gasteiger partial charge on any atom is 0.261 e. The van der Waals surface area contributed by atoms with E-state index in [0.717, 1.165) is 16.3 Å². The number of nitrogens with one attached hydrogen (secondary N) is 1. The van der Waals surface area contributed by atoms with Crippen LogP contribution in [0.3, 0.4) is 0 Å². The second-order valence-corrected chi connectivity index (χ2v) is 6.57. The number of nitrogens with zero attached hydrogens (tertiary/aromatic N) is 1. The van der Waals surface area contributed by atoms with E-state index in [1.54, 1.807) is 23.5 Å². The van der Waals surface area contributed by atoms with Gasteiger partial charge in [0.25, 0.3) is 5.91 Å². The highest BCUT2D eigenvalue weighted by atomic mass is 32.1. The van der Waals surface area contributed by atoms with Gasteiger partial charge in [-0.1, -0.05) is 18.8 Å². The summed E-state index contributed by atoms with van der Waals surface area (Å²) in [5, 5.41) is 12.5. The molecule has 0 saturated heterocycles. The molecular weight excluding hydrogens is 304 g/mol. The van der Waals surface area contributed by atoms with Gasteiger partial charge >= 0.3 is 0 Å². The quantitative estimate of drug-likeness (QED) is 0.851. The molecule has 0 spiro atoms. The largest absolute Gasteiger partial charge is 0.384 e. The molecule has 21 heavy (non-hydrogen) atoms. The van der Waals surface area contributed by atoms with Crippen LogP contribution in [0.15, 0.2) is 18.3 Å². The van der Waals surface area contributed by atoms with Crippen LogP contribution >= 0.6 is 22.7 Å². The number of carbonyl (C=O) groups is 1. The predicted octanol–water partition coefficient (Wildman–Crippen LogP) is 2.60. The van der Waals surface area contributed by atoms with Crippen LogP contribution in [0.25, 0.3) is 0 Å². The fourth-order valence-corrected chi connectivity index (χ4v) is 3.31. The van der Waals surface area contributed by atoms with Crippen molar-refractivity contribution in [3.8, 4) is 11.8 Å². The van der Waals surface area contributed by atoms with Crippen LogP contribution in [-0.4, -0.2) is 22.6 Å². The third kappa shape index (κ3) is 4.14. The number of hydrogen-bond acceptors (Lipinski definition) is 5. The van der Waals surface area contributed by atoms with Gasteiger partial charge in [0.15, 0.2) is 0 Å². The molecule has 2 rings (SSSR count). The number of amides is 1. The number of carbonyl (C=O) groups excluding carboxylic acids is 1. The number of hydrogen-bond donors (Lipinski definition) is 2. The van der Waals surface area contributed by atoms with Gasteiger partial charge in [0.05, 0.1) is 15.8 Å². The van der Waals surface area contributed by atoms with Crippen molar-refractivity contribution in [1.29, 1.82) is 0 Å². The van der Waals surface area contributed by atoms with Gasteiger partial charge in [0.1, 0.15) is 11.6 Å². The first-order valence-corrected chi connectivity index (χ1v) is 8.22. The summed E-state index contributed by atoms with van der Waals surface area (Å²) in [5.74, 6) is 5.24. The van der Waals surface area contributed by atoms with Crippen molar-refractivity contribution in [3.05, 3.63) is 38.0 Å². The second kappa shape index (κ2) is 7.36. The van der Waals surface area contributed by atoms with Crippen LogP contribution in [0, 0.1) is 11.8 Å². The zero-order valence-electron chi connectivity index (χ0n) is 11.8. The number of aryl methyl sites for hydroxylation is 1. The number of thiazole rings is 1. The van der Waals surface area contributed by atoms with Crippen LogP contribution < -0.4 is 5.32 Å². The summed E-state index contributed by atoms with van der Waals surface area (Å²) >= 11 is 2.94. The summed E-state index contributed by atoms with van der Waals surface area (Å²) in [7, 11) is 0. The first-order valence-electron chi connectivity index (χ1n) is 6.59. The summed E-state index contributed by atoms with van der Waals surface area (Å²) in [6.45, 7) is 3.83. The maximum atomic E-state index is 12.2. The molecule has 2 aromatic heterocycles. The molecule has 2 aromatic rings. The molecule has 0 bridgehead atoms. The van der Waals surface area contributed by atoms with E-state index in [0.29, 0.717) is 4.88 Å². The molecule has 1 atom stereocenters. The van der Waals surface area contributed by atoms with Gasteiger partial charge in [-0.2, -0.15) is 0 Å². The van der Waals surface area contributed by atoms with Crippen LogP contribution in [0.5, 0.6) is 0 Å². The number of aliphatic hydroxyl groups excluding tert-OH is 1. The SMILES string of the molecule is CCc1cnc(C(C)NC(=O)c2ccc(C#CCO)s2)s1. The molecule has 0 saturated carbocycles. The van der Waals surface area contributed by atoms with Crippen molar-refractivity contribution < 1.29 is 9.90 Å². The molecular formula is C15H16N2O2S2. The fraction of sp³-hybridized carbons (Fsp3) is 0.333. The van der Waals surface area contributed by atoms with Gasteiger partial charge in [-0.05, 0) is 25.5 Å².